The molecule has 1 aromatic carbocycles. The standard InChI is InChI=1S/C12H6O4/c13-8-1-2-9(14)11-7(8)5-10(15)6-3-4-16-12(6)11/h1-5,15H. The summed E-state index contributed by atoms with van der Waals surface area (Å²) in [5.74, 6) is -0.642. The lowest BCUT2D eigenvalue weighted by Crippen LogP contribution is -2.11. The zero-order valence-corrected chi connectivity index (χ0v) is 8.06. The number of fused-ring (bicyclic) bond motifs is 3. The molecule has 0 saturated heterocycles. The molecular formula is C12H6O4. The van der Waals surface area contributed by atoms with Crippen molar-refractivity contribution in [1.82, 2.24) is 0 Å². The average Bonchev–Trinajstić information content (AvgIpc) is 2.73. The lowest BCUT2D eigenvalue weighted by Gasteiger charge is -2.09. The Morgan fingerprint density at radius 2 is 1.88 bits per heavy atom. The van der Waals surface area contributed by atoms with Gasteiger partial charge in [0.15, 0.2) is 11.6 Å². The smallest absolute Gasteiger partial charge is 0.190 e. The Hall–Kier alpha value is -2.36. The number of aromatic hydroxyl groups is 1. The van der Waals surface area contributed by atoms with Crippen molar-refractivity contribution < 1.29 is 19.1 Å². The number of ketones is 2. The fourth-order valence-electron chi connectivity index (χ4n) is 1.88. The van der Waals surface area contributed by atoms with Crippen LogP contribution in [0.15, 0.2) is 35.0 Å². The highest BCUT2D eigenvalue weighted by atomic mass is 16.3. The van der Waals surface area contributed by atoms with Gasteiger partial charge in [0.05, 0.1) is 17.2 Å². The quantitative estimate of drug-likeness (QED) is 0.728. The molecule has 1 N–H and O–H groups in total. The molecule has 4 nitrogen and oxygen atoms in total. The second-order valence-corrected chi connectivity index (χ2v) is 3.54. The van der Waals surface area contributed by atoms with Crippen LogP contribution in [0.4, 0.5) is 0 Å². The molecule has 0 bridgehead atoms. The van der Waals surface area contributed by atoms with E-state index in [9.17, 15) is 14.7 Å². The predicted octanol–water partition coefficient (Wildman–Crippen LogP) is 2.07. The maximum atomic E-state index is 11.7. The number of hydrogen-bond donors (Lipinski definition) is 1. The van der Waals surface area contributed by atoms with Gasteiger partial charge < -0.3 is 9.52 Å². The molecule has 1 aliphatic carbocycles. The molecule has 4 heteroatoms. The normalized spacial score (nSPS) is 14.5. The Morgan fingerprint density at radius 3 is 2.69 bits per heavy atom. The van der Waals surface area contributed by atoms with Crippen LogP contribution < -0.4 is 0 Å². The number of rotatable bonds is 0. The zero-order chi connectivity index (χ0) is 11.3. The highest BCUT2D eigenvalue weighted by molar-refractivity contribution is 6.26. The van der Waals surface area contributed by atoms with E-state index in [0.717, 1.165) is 0 Å². The number of carbonyl (C=O) groups is 2. The maximum absolute atomic E-state index is 11.7. The Kier molecular flexibility index (Phi) is 1.57. The molecule has 3 rings (SSSR count). The van der Waals surface area contributed by atoms with Gasteiger partial charge in [0.2, 0.25) is 0 Å². The van der Waals surface area contributed by atoms with Crippen molar-refractivity contribution >= 4 is 22.5 Å². The summed E-state index contributed by atoms with van der Waals surface area (Å²) in [6, 6.07) is 2.86. The summed E-state index contributed by atoms with van der Waals surface area (Å²) in [6.45, 7) is 0. The second-order valence-electron chi connectivity index (χ2n) is 3.54. The lowest BCUT2D eigenvalue weighted by molar-refractivity contribution is 0.0994. The number of hydrogen-bond acceptors (Lipinski definition) is 4. The van der Waals surface area contributed by atoms with Gasteiger partial charge in [0.25, 0.3) is 0 Å². The molecule has 0 amide bonds. The highest BCUT2D eigenvalue weighted by Gasteiger charge is 2.25. The van der Waals surface area contributed by atoms with Crippen molar-refractivity contribution in [3.8, 4) is 5.75 Å². The van der Waals surface area contributed by atoms with Gasteiger partial charge in [-0.3, -0.25) is 9.59 Å². The predicted molar refractivity (Wildman–Crippen MR) is 55.7 cm³/mol. The zero-order valence-electron chi connectivity index (χ0n) is 8.06. The third-order valence-corrected chi connectivity index (χ3v) is 2.62. The van der Waals surface area contributed by atoms with Gasteiger partial charge in [-0.15, -0.1) is 0 Å². The van der Waals surface area contributed by atoms with Crippen molar-refractivity contribution in [1.29, 1.82) is 0 Å². The highest BCUT2D eigenvalue weighted by Crippen LogP contribution is 2.33. The van der Waals surface area contributed by atoms with Crippen LogP contribution in [0.5, 0.6) is 5.75 Å². The molecular weight excluding hydrogens is 208 g/mol. The minimum Gasteiger partial charge on any atom is -0.507 e. The van der Waals surface area contributed by atoms with Crippen LogP contribution in [-0.4, -0.2) is 16.7 Å². The Morgan fingerprint density at radius 1 is 1.12 bits per heavy atom. The number of phenols is 1. The van der Waals surface area contributed by atoms with Gasteiger partial charge in [0, 0.05) is 5.56 Å². The van der Waals surface area contributed by atoms with E-state index < -0.39 is 0 Å². The van der Waals surface area contributed by atoms with E-state index in [0.29, 0.717) is 5.39 Å². The molecule has 0 saturated carbocycles. The van der Waals surface area contributed by atoms with Crippen molar-refractivity contribution in [2.75, 3.05) is 0 Å². The number of allylic oxidation sites excluding steroid dienone is 2. The van der Waals surface area contributed by atoms with E-state index in [1.807, 2.05) is 0 Å². The monoisotopic (exact) mass is 214 g/mol. The Bertz CT molecular complexity index is 661. The van der Waals surface area contributed by atoms with E-state index in [2.05, 4.69) is 0 Å². The molecule has 0 aliphatic heterocycles. The van der Waals surface area contributed by atoms with Crippen LogP contribution >= 0.6 is 0 Å². The van der Waals surface area contributed by atoms with Crippen LogP contribution in [0.3, 0.4) is 0 Å². The third-order valence-electron chi connectivity index (χ3n) is 2.62. The summed E-state index contributed by atoms with van der Waals surface area (Å²) in [5.41, 5.74) is 0.676. The first-order valence-corrected chi connectivity index (χ1v) is 4.68. The van der Waals surface area contributed by atoms with Crippen LogP contribution in [0.2, 0.25) is 0 Å². The van der Waals surface area contributed by atoms with E-state index in [-0.39, 0.29) is 34.0 Å². The maximum Gasteiger partial charge on any atom is 0.190 e. The number of furan rings is 1. The van der Waals surface area contributed by atoms with Crippen molar-refractivity contribution in [2.45, 2.75) is 0 Å². The summed E-state index contributed by atoms with van der Waals surface area (Å²) in [6.07, 6.45) is 3.78. The van der Waals surface area contributed by atoms with Gasteiger partial charge >= 0.3 is 0 Å². The Balaban J connectivity index is 2.52. The molecule has 0 atom stereocenters. The molecule has 0 fully saturated rings. The SMILES string of the molecule is O=C1C=CC(=O)c2c1cc(O)c1ccoc21. The average molecular weight is 214 g/mol. The fourth-order valence-corrected chi connectivity index (χ4v) is 1.88. The minimum atomic E-state index is -0.303. The van der Waals surface area contributed by atoms with Crippen molar-refractivity contribution in [3.63, 3.8) is 0 Å². The van der Waals surface area contributed by atoms with Gasteiger partial charge in [-0.2, -0.15) is 0 Å². The number of carbonyl (C=O) groups excluding carboxylic acids is 2. The fraction of sp³-hybridized carbons (Fsp3) is 0. The van der Waals surface area contributed by atoms with Crippen LogP contribution in [0, 0.1) is 0 Å². The molecule has 2 aromatic rings. The van der Waals surface area contributed by atoms with Gasteiger partial charge in [0.1, 0.15) is 11.3 Å². The van der Waals surface area contributed by atoms with E-state index in [4.69, 9.17) is 4.42 Å². The molecule has 0 unspecified atom stereocenters. The number of benzene rings is 1. The van der Waals surface area contributed by atoms with Crippen molar-refractivity contribution in [3.05, 3.63) is 41.7 Å². The van der Waals surface area contributed by atoms with Crippen LogP contribution in [0.25, 0.3) is 11.0 Å². The van der Waals surface area contributed by atoms with Crippen molar-refractivity contribution in [2.24, 2.45) is 0 Å². The largest absolute Gasteiger partial charge is 0.507 e. The third kappa shape index (κ3) is 0.982. The summed E-state index contributed by atoms with van der Waals surface area (Å²) in [5, 5.41) is 10.1. The van der Waals surface area contributed by atoms with Crippen LogP contribution in [-0.2, 0) is 0 Å². The second kappa shape index (κ2) is 2.82. The molecule has 16 heavy (non-hydrogen) atoms. The lowest BCUT2D eigenvalue weighted by atomic mass is 9.93. The molecule has 1 aromatic heterocycles. The summed E-state index contributed by atoms with van der Waals surface area (Å²) >= 11 is 0. The topological polar surface area (TPSA) is 67.5 Å². The molecule has 1 heterocycles. The van der Waals surface area contributed by atoms with E-state index in [1.54, 1.807) is 6.07 Å². The molecule has 1 aliphatic rings. The Labute approximate surface area is 89.8 Å². The first-order chi connectivity index (χ1) is 7.68. The minimum absolute atomic E-state index is 0.0565. The van der Waals surface area contributed by atoms with Gasteiger partial charge in [-0.1, -0.05) is 0 Å². The molecule has 78 valence electrons. The molecule has 0 spiro atoms. The van der Waals surface area contributed by atoms with Crippen LogP contribution in [0.1, 0.15) is 20.7 Å². The number of phenolic OH excluding ortho intramolecular Hbond substituents is 1. The summed E-state index contributed by atoms with van der Waals surface area (Å²) in [4.78, 5) is 23.2. The van der Waals surface area contributed by atoms with E-state index in [1.165, 1.54) is 24.5 Å². The van der Waals surface area contributed by atoms with E-state index >= 15 is 0 Å². The molecule has 0 radical (unpaired) electrons. The van der Waals surface area contributed by atoms with Gasteiger partial charge in [-0.25, -0.2) is 0 Å². The van der Waals surface area contributed by atoms with Gasteiger partial charge in [-0.05, 0) is 24.3 Å². The summed E-state index contributed by atoms with van der Waals surface area (Å²) in [7, 11) is 0. The first-order valence-electron chi connectivity index (χ1n) is 4.68. The first kappa shape index (κ1) is 8.91. The summed E-state index contributed by atoms with van der Waals surface area (Å²) < 4.78 is 5.15.